The monoisotopic (exact) mass is 600 g/mol. The van der Waals surface area contributed by atoms with Crippen LogP contribution in [0, 0.1) is 47.1 Å². The van der Waals surface area contributed by atoms with Crippen molar-refractivity contribution in [3.8, 4) is 22.6 Å². The lowest BCUT2D eigenvalue weighted by Gasteiger charge is -2.41. The lowest BCUT2D eigenvalue weighted by atomic mass is 9.65. The van der Waals surface area contributed by atoms with Crippen LogP contribution in [-0.4, -0.2) is 12.5 Å². The molecule has 0 amide bonds. The average molecular weight is 601 g/mol. The Balaban J connectivity index is 1.11. The Labute approximate surface area is 243 Å². The lowest BCUT2D eigenvalue weighted by Crippen LogP contribution is -2.38. The Morgan fingerprint density at radius 1 is 0.571 bits per heavy atom. The van der Waals surface area contributed by atoms with Crippen molar-refractivity contribution in [1.82, 2.24) is 0 Å². The van der Waals surface area contributed by atoms with Crippen LogP contribution in [-0.2, 0) is 0 Å². The van der Waals surface area contributed by atoms with Crippen LogP contribution in [0.2, 0.25) is 0 Å². The fraction of sp³-hybridized carbons (Fsp3) is 0.636. The molecule has 0 unspecified atom stereocenters. The van der Waals surface area contributed by atoms with Gasteiger partial charge in [0.2, 0.25) is 5.75 Å². The van der Waals surface area contributed by atoms with Crippen molar-refractivity contribution < 1.29 is 40.2 Å². The van der Waals surface area contributed by atoms with Crippen molar-refractivity contribution in [2.75, 3.05) is 0 Å². The highest BCUT2D eigenvalue weighted by Crippen LogP contribution is 2.48. The number of alkyl halides is 5. The third-order valence-corrected chi connectivity index (χ3v) is 10.1. The molecule has 2 nitrogen and oxygen atoms in total. The van der Waals surface area contributed by atoms with Crippen LogP contribution >= 0.6 is 0 Å². The maximum atomic E-state index is 15.1. The van der Waals surface area contributed by atoms with Gasteiger partial charge in [0, 0.05) is 0 Å². The van der Waals surface area contributed by atoms with E-state index in [1.54, 1.807) is 0 Å². The minimum absolute atomic E-state index is 0.0708. The molecule has 5 rings (SSSR count). The van der Waals surface area contributed by atoms with Gasteiger partial charge >= 0.3 is 12.5 Å². The molecule has 9 heteroatoms. The minimum Gasteiger partial charge on any atom is -0.432 e. The average Bonchev–Trinajstić information content (AvgIpc) is 2.95. The highest BCUT2D eigenvalue weighted by molar-refractivity contribution is 5.65. The molecule has 0 atom stereocenters. The van der Waals surface area contributed by atoms with Crippen molar-refractivity contribution in [1.29, 1.82) is 0 Å². The summed E-state index contributed by atoms with van der Waals surface area (Å²) in [5, 5.41) is 0. The van der Waals surface area contributed by atoms with E-state index in [1.807, 2.05) is 0 Å². The van der Waals surface area contributed by atoms with Gasteiger partial charge in [-0.05, 0) is 129 Å². The van der Waals surface area contributed by atoms with Gasteiger partial charge in [-0.2, -0.15) is 8.78 Å². The Kier molecular flexibility index (Phi) is 9.33. The molecule has 0 aromatic heterocycles. The predicted molar refractivity (Wildman–Crippen MR) is 146 cm³/mol. The molecule has 0 aliphatic heterocycles. The predicted octanol–water partition coefficient (Wildman–Crippen LogP) is 10.9. The molecule has 0 saturated heterocycles. The van der Waals surface area contributed by atoms with Crippen LogP contribution in [0.5, 0.6) is 11.5 Å². The molecular formula is C33H39F7O2. The zero-order valence-electron chi connectivity index (χ0n) is 23.9. The topological polar surface area (TPSA) is 18.5 Å². The van der Waals surface area contributed by atoms with Crippen molar-refractivity contribution in [3.63, 3.8) is 0 Å². The highest BCUT2D eigenvalue weighted by atomic mass is 19.4. The highest BCUT2D eigenvalue weighted by Gasteiger charge is 2.45. The van der Waals surface area contributed by atoms with Gasteiger partial charge in [0.1, 0.15) is 5.75 Å². The molecule has 3 saturated carbocycles. The summed E-state index contributed by atoms with van der Waals surface area (Å²) in [7, 11) is 0. The maximum absolute atomic E-state index is 15.1. The summed E-state index contributed by atoms with van der Waals surface area (Å²) in [6, 6.07) is 6.55. The molecular weight excluding hydrogens is 561 g/mol. The molecule has 0 N–H and O–H groups in total. The molecule has 0 radical (unpaired) electrons. The first kappa shape index (κ1) is 31.0. The normalized spacial score (nSPS) is 29.2. The summed E-state index contributed by atoms with van der Waals surface area (Å²) in [6.45, 7) is 2.35. The summed E-state index contributed by atoms with van der Waals surface area (Å²) >= 11 is 0. The standard InChI is InChI=1S/C33H39F7O2/c1-20-2-4-21(5-3-20)22-6-8-23(9-7-22)24-10-14-27(15-11-24)32(36,37)41-28-16-12-25(13-17-28)26-18-29(34)31(30(35)19-26)42-33(38,39)40/h12-13,16-24,27H,2-11,14-15H2,1H3. The van der Waals surface area contributed by atoms with Gasteiger partial charge in [0.05, 0.1) is 5.92 Å². The van der Waals surface area contributed by atoms with E-state index in [0.29, 0.717) is 36.8 Å². The van der Waals surface area contributed by atoms with Crippen LogP contribution in [0.1, 0.15) is 84.0 Å². The van der Waals surface area contributed by atoms with Gasteiger partial charge in [-0.25, -0.2) is 8.78 Å². The largest absolute Gasteiger partial charge is 0.573 e. The Bertz CT molecular complexity index is 1150. The molecule has 42 heavy (non-hydrogen) atoms. The molecule has 2 aromatic carbocycles. The zero-order chi connectivity index (χ0) is 30.1. The number of benzene rings is 2. The number of halogens is 7. The van der Waals surface area contributed by atoms with Crippen molar-refractivity contribution in [2.45, 2.75) is 96.4 Å². The molecule has 3 fully saturated rings. The first-order chi connectivity index (χ1) is 19.9. The van der Waals surface area contributed by atoms with Crippen LogP contribution in [0.25, 0.3) is 11.1 Å². The van der Waals surface area contributed by atoms with E-state index in [0.717, 1.165) is 30.6 Å². The molecule has 2 aromatic rings. The lowest BCUT2D eigenvalue weighted by molar-refractivity contribution is -0.276. The van der Waals surface area contributed by atoms with Crippen molar-refractivity contribution >= 4 is 0 Å². The second-order valence-corrected chi connectivity index (χ2v) is 12.8. The first-order valence-electron chi connectivity index (χ1n) is 15.3. The maximum Gasteiger partial charge on any atom is 0.573 e. The quantitative estimate of drug-likeness (QED) is 0.294. The van der Waals surface area contributed by atoms with E-state index in [2.05, 4.69) is 11.7 Å². The summed E-state index contributed by atoms with van der Waals surface area (Å²) < 4.78 is 104. The van der Waals surface area contributed by atoms with Gasteiger partial charge in [0.15, 0.2) is 11.6 Å². The van der Waals surface area contributed by atoms with E-state index < -0.39 is 35.8 Å². The zero-order valence-corrected chi connectivity index (χ0v) is 23.9. The fourth-order valence-electron chi connectivity index (χ4n) is 7.67. The first-order valence-corrected chi connectivity index (χ1v) is 15.3. The van der Waals surface area contributed by atoms with E-state index in [9.17, 15) is 22.0 Å². The Hall–Kier alpha value is -2.45. The molecule has 3 aliphatic carbocycles. The smallest absolute Gasteiger partial charge is 0.432 e. The van der Waals surface area contributed by atoms with Crippen molar-refractivity contribution in [3.05, 3.63) is 48.0 Å². The second-order valence-electron chi connectivity index (χ2n) is 12.8. The van der Waals surface area contributed by atoms with Crippen LogP contribution in [0.3, 0.4) is 0 Å². The molecule has 0 bridgehead atoms. The Morgan fingerprint density at radius 3 is 1.45 bits per heavy atom. The Morgan fingerprint density at radius 2 is 1.00 bits per heavy atom. The molecule has 0 heterocycles. The van der Waals surface area contributed by atoms with Gasteiger partial charge < -0.3 is 9.47 Å². The van der Waals surface area contributed by atoms with Crippen molar-refractivity contribution in [2.24, 2.45) is 35.5 Å². The fourth-order valence-corrected chi connectivity index (χ4v) is 7.67. The summed E-state index contributed by atoms with van der Waals surface area (Å²) in [4.78, 5) is 0. The molecule has 232 valence electrons. The van der Waals surface area contributed by atoms with E-state index in [-0.39, 0.29) is 16.9 Å². The van der Waals surface area contributed by atoms with Crippen LogP contribution in [0.4, 0.5) is 30.7 Å². The third kappa shape index (κ3) is 7.54. The van der Waals surface area contributed by atoms with Gasteiger partial charge in [-0.3, -0.25) is 0 Å². The summed E-state index contributed by atoms with van der Waals surface area (Å²) in [5.41, 5.74) is 0.147. The summed E-state index contributed by atoms with van der Waals surface area (Å²) in [5.74, 6) is -1.89. The van der Waals surface area contributed by atoms with Gasteiger partial charge in [0.25, 0.3) is 0 Å². The van der Waals surface area contributed by atoms with Gasteiger partial charge in [-0.15, -0.1) is 13.2 Å². The minimum atomic E-state index is -5.25. The molecule has 3 aliphatic rings. The van der Waals surface area contributed by atoms with Crippen LogP contribution in [0.15, 0.2) is 36.4 Å². The number of rotatable bonds is 7. The second kappa shape index (κ2) is 12.7. The van der Waals surface area contributed by atoms with Crippen LogP contribution < -0.4 is 9.47 Å². The third-order valence-electron chi connectivity index (χ3n) is 10.1. The van der Waals surface area contributed by atoms with E-state index >= 15 is 8.78 Å². The number of ether oxygens (including phenoxy) is 2. The van der Waals surface area contributed by atoms with E-state index in [1.165, 1.54) is 75.6 Å². The summed E-state index contributed by atoms with van der Waals surface area (Å²) in [6.07, 6.45) is 4.20. The van der Waals surface area contributed by atoms with E-state index in [4.69, 9.17) is 4.74 Å². The SMILES string of the molecule is CC1CCC(C2CCC(C3CCC(C(F)(F)Oc4ccc(-c5cc(F)c(OC(F)(F)F)c(F)c5)cc4)CC3)CC2)CC1. The van der Waals surface area contributed by atoms with Gasteiger partial charge in [-0.1, -0.05) is 31.9 Å². The number of hydrogen-bond donors (Lipinski definition) is 0. The molecule has 0 spiro atoms. The number of hydrogen-bond acceptors (Lipinski definition) is 2.